The molecular weight excluding hydrogens is 320 g/mol. The van der Waals surface area contributed by atoms with Crippen LogP contribution >= 0.6 is 0 Å². The second-order valence-corrected chi connectivity index (χ2v) is 7.54. The van der Waals surface area contributed by atoms with Crippen LogP contribution in [0.15, 0.2) is 12.4 Å². The summed E-state index contributed by atoms with van der Waals surface area (Å²) in [4.78, 5) is 25.3. The number of nitrogens with zero attached hydrogens (tertiary/aromatic N) is 4. The molecule has 0 aromatic carbocycles. The third-order valence-electron chi connectivity index (χ3n) is 6.03. The van der Waals surface area contributed by atoms with Crippen LogP contribution in [-0.4, -0.2) is 69.7 Å². The highest BCUT2D eigenvalue weighted by atomic mass is 16.5. The Kier molecular flexibility index (Phi) is 4.60. The van der Waals surface area contributed by atoms with Crippen LogP contribution in [0.2, 0.25) is 0 Å². The van der Waals surface area contributed by atoms with Gasteiger partial charge in [0.1, 0.15) is 0 Å². The molecule has 1 aromatic rings. The van der Waals surface area contributed by atoms with E-state index < -0.39 is 0 Å². The number of carbonyl (C=O) groups is 1. The van der Waals surface area contributed by atoms with Crippen molar-refractivity contribution in [3.05, 3.63) is 18.0 Å². The van der Waals surface area contributed by atoms with Gasteiger partial charge in [-0.2, -0.15) is 0 Å². The number of likely N-dealkylation sites (tertiary alicyclic amines) is 1. The van der Waals surface area contributed by atoms with E-state index in [9.17, 15) is 9.90 Å². The Morgan fingerprint density at radius 1 is 1.28 bits per heavy atom. The van der Waals surface area contributed by atoms with Crippen LogP contribution in [0, 0.1) is 11.8 Å². The third kappa shape index (κ3) is 3.11. The first-order chi connectivity index (χ1) is 12.2. The Labute approximate surface area is 148 Å². The average molecular weight is 346 g/mol. The maximum absolute atomic E-state index is 12.4. The van der Waals surface area contributed by atoms with Gasteiger partial charge in [-0.05, 0) is 31.1 Å². The number of aliphatic hydroxyl groups excluding tert-OH is 1. The summed E-state index contributed by atoms with van der Waals surface area (Å²) < 4.78 is 5.02. The van der Waals surface area contributed by atoms with Gasteiger partial charge in [-0.25, -0.2) is 9.97 Å². The highest BCUT2D eigenvalue weighted by Crippen LogP contribution is 2.41. The molecule has 7 heteroatoms. The Morgan fingerprint density at radius 3 is 2.76 bits per heavy atom. The number of hydrogen-bond acceptors (Lipinski definition) is 6. The van der Waals surface area contributed by atoms with Crippen LogP contribution in [0.25, 0.3) is 0 Å². The summed E-state index contributed by atoms with van der Waals surface area (Å²) in [5, 5.41) is 9.95. The molecule has 3 aliphatic rings. The first-order valence-electron chi connectivity index (χ1n) is 9.19. The first-order valence-corrected chi connectivity index (χ1v) is 9.19. The summed E-state index contributed by atoms with van der Waals surface area (Å²) in [6.45, 7) is 2.77. The van der Waals surface area contributed by atoms with Crippen molar-refractivity contribution in [1.82, 2.24) is 19.8 Å². The molecule has 0 spiro atoms. The maximum atomic E-state index is 12.4. The Bertz CT molecular complexity index is 609. The molecule has 1 N–H and O–H groups in total. The Morgan fingerprint density at radius 2 is 2.04 bits per heavy atom. The van der Waals surface area contributed by atoms with E-state index in [4.69, 9.17) is 4.74 Å². The molecule has 4 heterocycles. The molecule has 25 heavy (non-hydrogen) atoms. The fraction of sp³-hybridized carbons (Fsp3) is 0.722. The molecule has 136 valence electrons. The normalized spacial score (nSPS) is 32.4. The lowest BCUT2D eigenvalue weighted by Gasteiger charge is -2.56. The van der Waals surface area contributed by atoms with Crippen molar-refractivity contribution >= 4 is 5.91 Å². The zero-order chi connectivity index (χ0) is 17.4. The van der Waals surface area contributed by atoms with Gasteiger partial charge in [-0.1, -0.05) is 0 Å². The van der Waals surface area contributed by atoms with Gasteiger partial charge in [0.05, 0.1) is 19.8 Å². The van der Waals surface area contributed by atoms with Gasteiger partial charge in [0, 0.05) is 50.1 Å². The number of ether oxygens (including phenoxy) is 1. The van der Waals surface area contributed by atoms with E-state index in [1.54, 1.807) is 7.11 Å². The summed E-state index contributed by atoms with van der Waals surface area (Å²) in [6, 6.07) is 0.657. The molecule has 4 atom stereocenters. The lowest BCUT2D eigenvalue weighted by molar-refractivity contribution is -0.155. The highest BCUT2D eigenvalue weighted by molar-refractivity contribution is 5.78. The first kappa shape index (κ1) is 16.7. The van der Waals surface area contributed by atoms with Gasteiger partial charge < -0.3 is 14.7 Å². The van der Waals surface area contributed by atoms with Gasteiger partial charge in [0.15, 0.2) is 0 Å². The average Bonchev–Trinajstić information content (AvgIpc) is 2.63. The van der Waals surface area contributed by atoms with Gasteiger partial charge >= 0.3 is 6.01 Å². The summed E-state index contributed by atoms with van der Waals surface area (Å²) in [7, 11) is 1.56. The largest absolute Gasteiger partial charge is 0.467 e. The minimum atomic E-state index is -0.0241. The second kappa shape index (κ2) is 6.88. The monoisotopic (exact) mass is 346 g/mol. The van der Waals surface area contributed by atoms with Crippen LogP contribution in [0.3, 0.4) is 0 Å². The summed E-state index contributed by atoms with van der Waals surface area (Å²) >= 11 is 0. The van der Waals surface area contributed by atoms with Crippen molar-refractivity contribution in [3.63, 3.8) is 0 Å². The minimum Gasteiger partial charge on any atom is -0.467 e. The van der Waals surface area contributed by atoms with Crippen molar-refractivity contribution in [3.8, 4) is 6.01 Å². The van der Waals surface area contributed by atoms with E-state index >= 15 is 0 Å². The van der Waals surface area contributed by atoms with Gasteiger partial charge in [-0.3, -0.25) is 9.69 Å². The Balaban J connectivity index is 1.50. The third-order valence-corrected chi connectivity index (χ3v) is 6.03. The predicted octanol–water partition coefficient (Wildman–Crippen LogP) is 0.679. The van der Waals surface area contributed by atoms with Crippen LogP contribution < -0.4 is 4.74 Å². The van der Waals surface area contributed by atoms with Crippen LogP contribution in [-0.2, 0) is 11.3 Å². The summed E-state index contributed by atoms with van der Waals surface area (Å²) in [6.07, 6.45) is 7.44. The molecule has 2 bridgehead atoms. The SMILES string of the molecule is COc1ncc(CN2C[C@H]3C[C@@H](C2)[C@H](CO)N2C(=O)CCC[C@@H]32)cn1. The maximum Gasteiger partial charge on any atom is 0.316 e. The zero-order valence-corrected chi connectivity index (χ0v) is 14.7. The van der Waals surface area contributed by atoms with Crippen LogP contribution in [0.5, 0.6) is 6.01 Å². The number of rotatable bonds is 4. The number of aromatic nitrogens is 2. The van der Waals surface area contributed by atoms with Crippen molar-refractivity contribution in [2.24, 2.45) is 11.8 Å². The molecule has 0 saturated carbocycles. The molecule has 3 saturated heterocycles. The minimum absolute atomic E-state index is 0.0241. The summed E-state index contributed by atoms with van der Waals surface area (Å²) in [5.41, 5.74) is 1.07. The van der Waals surface area contributed by atoms with Crippen LogP contribution in [0.4, 0.5) is 0 Å². The fourth-order valence-electron chi connectivity index (χ4n) is 5.02. The number of aliphatic hydroxyl groups is 1. The number of methoxy groups -OCH3 is 1. The number of fused-ring (bicyclic) bond motifs is 4. The van der Waals surface area contributed by atoms with E-state index in [-0.39, 0.29) is 18.6 Å². The van der Waals surface area contributed by atoms with Crippen molar-refractivity contribution in [2.75, 3.05) is 26.8 Å². The molecule has 3 aliphatic heterocycles. The molecule has 1 amide bonds. The molecule has 4 rings (SSSR count). The van der Waals surface area contributed by atoms with Gasteiger partial charge in [-0.15, -0.1) is 0 Å². The molecule has 0 radical (unpaired) electrons. The molecule has 0 unspecified atom stereocenters. The number of piperidine rings is 3. The topological polar surface area (TPSA) is 78.8 Å². The van der Waals surface area contributed by atoms with Gasteiger partial charge in [0.2, 0.25) is 5.91 Å². The van der Waals surface area contributed by atoms with Crippen molar-refractivity contribution in [1.29, 1.82) is 0 Å². The quantitative estimate of drug-likeness (QED) is 0.864. The number of carbonyl (C=O) groups excluding carboxylic acids is 1. The van der Waals surface area contributed by atoms with E-state index in [0.717, 1.165) is 44.5 Å². The number of amides is 1. The highest BCUT2D eigenvalue weighted by Gasteiger charge is 2.48. The molecular formula is C18H26N4O3. The molecule has 7 nitrogen and oxygen atoms in total. The molecule has 3 fully saturated rings. The van der Waals surface area contributed by atoms with E-state index in [1.165, 1.54) is 0 Å². The standard InChI is InChI=1S/C18H26N4O3/c1-25-18-19-6-12(7-20-18)8-21-9-13-5-14(10-21)16(11-23)22-15(13)3-2-4-17(22)24/h6-7,13-16,23H,2-5,8-11H2,1H3/t13-,14+,15+,16+/m1/s1. The van der Waals surface area contributed by atoms with Crippen molar-refractivity contribution < 1.29 is 14.6 Å². The zero-order valence-electron chi connectivity index (χ0n) is 14.7. The number of hydrogen-bond donors (Lipinski definition) is 1. The van der Waals surface area contributed by atoms with E-state index in [0.29, 0.717) is 30.3 Å². The summed E-state index contributed by atoms with van der Waals surface area (Å²) in [5.74, 6) is 1.09. The lowest BCUT2D eigenvalue weighted by Crippen LogP contribution is -2.65. The van der Waals surface area contributed by atoms with Gasteiger partial charge in [0.25, 0.3) is 0 Å². The van der Waals surface area contributed by atoms with E-state index in [2.05, 4.69) is 14.9 Å². The second-order valence-electron chi connectivity index (χ2n) is 7.54. The fourth-order valence-corrected chi connectivity index (χ4v) is 5.02. The smallest absolute Gasteiger partial charge is 0.316 e. The lowest BCUT2D eigenvalue weighted by atomic mass is 9.72. The van der Waals surface area contributed by atoms with E-state index in [1.807, 2.05) is 17.3 Å². The van der Waals surface area contributed by atoms with Crippen LogP contribution in [0.1, 0.15) is 31.2 Å². The Hall–Kier alpha value is -1.73. The molecule has 1 aromatic heterocycles. The predicted molar refractivity (Wildman–Crippen MR) is 90.8 cm³/mol. The molecule has 0 aliphatic carbocycles. The van der Waals surface area contributed by atoms with Crippen molar-refractivity contribution in [2.45, 2.75) is 44.3 Å².